The third-order valence-corrected chi connectivity index (χ3v) is 5.21. The van der Waals surface area contributed by atoms with Gasteiger partial charge in [0.15, 0.2) is 0 Å². The Morgan fingerprint density at radius 1 is 0.310 bits per heavy atom. The van der Waals surface area contributed by atoms with Crippen LogP contribution in [0.25, 0.3) is 0 Å². The molecule has 0 atom stereocenters. The molecule has 1 fully saturated rings. The maximum absolute atomic E-state index is 11.5. The fraction of sp³-hybridized carbons (Fsp3) is 0.913. The minimum atomic E-state index is -0.521. The number of carbonyl (C=O) groups excluding carboxylic acids is 2. The highest BCUT2D eigenvalue weighted by Crippen LogP contribution is 2.11. The number of hydrogen-bond donors (Lipinski definition) is 0. The summed E-state index contributed by atoms with van der Waals surface area (Å²) in [5.74, 6) is 0. The summed E-state index contributed by atoms with van der Waals surface area (Å²) in [6.45, 7) is 1.82. The molecule has 0 aromatic heterocycles. The molecule has 6 nitrogen and oxygen atoms in total. The van der Waals surface area contributed by atoms with E-state index in [1.165, 1.54) is 44.9 Å². The fourth-order valence-corrected chi connectivity index (χ4v) is 3.41. The van der Waals surface area contributed by atoms with Crippen molar-refractivity contribution in [2.75, 3.05) is 26.4 Å². The highest BCUT2D eigenvalue weighted by molar-refractivity contribution is 5.60. The van der Waals surface area contributed by atoms with E-state index in [9.17, 15) is 9.59 Å². The van der Waals surface area contributed by atoms with E-state index in [0.717, 1.165) is 64.2 Å². The standard InChI is InChI=1S/C23H42O6/c24-22-26-18-14-10-6-2-1-3-7-11-15-19-27-23(25)29-21-17-13-9-5-4-8-12-16-20-28-22/h1-21H2. The molecule has 170 valence electrons. The molecule has 0 N–H and O–H groups in total. The Labute approximate surface area is 177 Å². The lowest BCUT2D eigenvalue weighted by Crippen LogP contribution is -2.09. The summed E-state index contributed by atoms with van der Waals surface area (Å²) in [7, 11) is 0. The first-order valence-corrected chi connectivity index (χ1v) is 11.9. The SMILES string of the molecule is O=C1OCCCCCCCCCCCOC(=O)OCCCCCCCCCCO1. The molecule has 1 aliphatic heterocycles. The second-order valence-corrected chi connectivity index (χ2v) is 7.90. The van der Waals surface area contributed by atoms with Crippen LogP contribution in [-0.4, -0.2) is 38.7 Å². The molecule has 1 saturated heterocycles. The van der Waals surface area contributed by atoms with E-state index >= 15 is 0 Å². The molecule has 6 heteroatoms. The second-order valence-electron chi connectivity index (χ2n) is 7.90. The maximum Gasteiger partial charge on any atom is 0.508 e. The molecule has 29 heavy (non-hydrogen) atoms. The molecule has 0 unspecified atom stereocenters. The van der Waals surface area contributed by atoms with Crippen molar-refractivity contribution in [2.45, 2.75) is 109 Å². The first-order chi connectivity index (χ1) is 14.3. The van der Waals surface area contributed by atoms with Crippen molar-refractivity contribution in [1.82, 2.24) is 0 Å². The topological polar surface area (TPSA) is 71.1 Å². The Morgan fingerprint density at radius 3 is 0.690 bits per heavy atom. The molecule has 1 heterocycles. The smallest absolute Gasteiger partial charge is 0.434 e. The lowest BCUT2D eigenvalue weighted by molar-refractivity contribution is 0.0518. The molecule has 0 saturated carbocycles. The molecule has 0 radical (unpaired) electrons. The highest BCUT2D eigenvalue weighted by Gasteiger charge is 2.04. The normalized spacial score (nSPS) is 22.2. The van der Waals surface area contributed by atoms with Gasteiger partial charge < -0.3 is 18.9 Å². The lowest BCUT2D eigenvalue weighted by atomic mass is 10.1. The van der Waals surface area contributed by atoms with E-state index in [2.05, 4.69) is 0 Å². The van der Waals surface area contributed by atoms with Crippen molar-refractivity contribution in [3.05, 3.63) is 0 Å². The minimum Gasteiger partial charge on any atom is -0.434 e. The zero-order valence-corrected chi connectivity index (χ0v) is 18.3. The highest BCUT2D eigenvalue weighted by atomic mass is 16.7. The molecule has 0 spiro atoms. The average molecular weight is 415 g/mol. The van der Waals surface area contributed by atoms with Crippen LogP contribution in [0.15, 0.2) is 0 Å². The second kappa shape index (κ2) is 19.8. The van der Waals surface area contributed by atoms with Crippen LogP contribution >= 0.6 is 0 Å². The summed E-state index contributed by atoms with van der Waals surface area (Å²) in [5.41, 5.74) is 0. The predicted molar refractivity (Wildman–Crippen MR) is 113 cm³/mol. The first-order valence-electron chi connectivity index (χ1n) is 11.9. The monoisotopic (exact) mass is 414 g/mol. The quantitative estimate of drug-likeness (QED) is 0.400. The Hall–Kier alpha value is -1.46. The van der Waals surface area contributed by atoms with E-state index in [1.807, 2.05) is 0 Å². The van der Waals surface area contributed by atoms with Crippen LogP contribution in [-0.2, 0) is 18.9 Å². The van der Waals surface area contributed by atoms with E-state index in [1.54, 1.807) is 0 Å². The molecule has 0 aromatic carbocycles. The van der Waals surface area contributed by atoms with E-state index in [4.69, 9.17) is 18.9 Å². The number of rotatable bonds is 0. The largest absolute Gasteiger partial charge is 0.508 e. The van der Waals surface area contributed by atoms with Gasteiger partial charge >= 0.3 is 12.3 Å². The van der Waals surface area contributed by atoms with Gasteiger partial charge in [0.1, 0.15) is 0 Å². The number of ether oxygens (including phenoxy) is 4. The van der Waals surface area contributed by atoms with Gasteiger partial charge in [-0.2, -0.15) is 0 Å². The third-order valence-electron chi connectivity index (χ3n) is 5.21. The Kier molecular flexibility index (Phi) is 17.5. The van der Waals surface area contributed by atoms with Gasteiger partial charge in [-0.05, 0) is 25.7 Å². The van der Waals surface area contributed by atoms with Crippen LogP contribution in [0.4, 0.5) is 9.59 Å². The van der Waals surface area contributed by atoms with E-state index < -0.39 is 12.3 Å². The Morgan fingerprint density at radius 2 is 0.483 bits per heavy atom. The van der Waals surface area contributed by atoms with E-state index in [-0.39, 0.29) is 0 Å². The molecule has 0 amide bonds. The average Bonchev–Trinajstić information content (AvgIpc) is 2.71. The fourth-order valence-electron chi connectivity index (χ4n) is 3.41. The van der Waals surface area contributed by atoms with Crippen LogP contribution in [0.2, 0.25) is 0 Å². The van der Waals surface area contributed by atoms with Gasteiger partial charge in [0.2, 0.25) is 0 Å². The summed E-state index contributed by atoms with van der Waals surface area (Å²) in [6, 6.07) is 0. The predicted octanol–water partition coefficient (Wildman–Crippen LogP) is 6.94. The Balaban J connectivity index is 2.14. The van der Waals surface area contributed by atoms with Crippen LogP contribution in [0.3, 0.4) is 0 Å². The van der Waals surface area contributed by atoms with Crippen LogP contribution in [0.5, 0.6) is 0 Å². The van der Waals surface area contributed by atoms with Gasteiger partial charge in [0, 0.05) is 0 Å². The van der Waals surface area contributed by atoms with Gasteiger partial charge in [-0.1, -0.05) is 83.5 Å². The number of hydrogen-bond acceptors (Lipinski definition) is 6. The number of carbonyl (C=O) groups is 2. The first kappa shape index (κ1) is 25.6. The van der Waals surface area contributed by atoms with Crippen molar-refractivity contribution in [1.29, 1.82) is 0 Å². The zero-order valence-electron chi connectivity index (χ0n) is 18.3. The van der Waals surface area contributed by atoms with Gasteiger partial charge in [-0.3, -0.25) is 0 Å². The van der Waals surface area contributed by atoms with Crippen molar-refractivity contribution in [3.8, 4) is 0 Å². The summed E-state index contributed by atoms with van der Waals surface area (Å²) in [4.78, 5) is 23.0. The van der Waals surface area contributed by atoms with Gasteiger partial charge in [-0.15, -0.1) is 0 Å². The van der Waals surface area contributed by atoms with Gasteiger partial charge in [0.25, 0.3) is 0 Å². The Bertz CT molecular complexity index is 363. The van der Waals surface area contributed by atoms with Crippen LogP contribution in [0, 0.1) is 0 Å². The molecular weight excluding hydrogens is 372 g/mol. The summed E-state index contributed by atoms with van der Waals surface area (Å²) in [5, 5.41) is 0. The van der Waals surface area contributed by atoms with Crippen LogP contribution in [0.1, 0.15) is 109 Å². The summed E-state index contributed by atoms with van der Waals surface area (Å²) < 4.78 is 20.4. The maximum atomic E-state index is 11.5. The van der Waals surface area contributed by atoms with Gasteiger partial charge in [0.05, 0.1) is 26.4 Å². The van der Waals surface area contributed by atoms with Crippen LogP contribution < -0.4 is 0 Å². The molecule has 1 aliphatic rings. The molecule has 0 aromatic rings. The lowest BCUT2D eigenvalue weighted by Gasteiger charge is -2.06. The summed E-state index contributed by atoms with van der Waals surface area (Å²) in [6.07, 6.45) is 17.6. The zero-order chi connectivity index (χ0) is 20.8. The van der Waals surface area contributed by atoms with Crippen molar-refractivity contribution in [3.63, 3.8) is 0 Å². The molecular formula is C23H42O6. The minimum absolute atomic E-state index is 0.451. The van der Waals surface area contributed by atoms with Crippen molar-refractivity contribution >= 4 is 12.3 Å². The van der Waals surface area contributed by atoms with E-state index in [0.29, 0.717) is 26.4 Å². The van der Waals surface area contributed by atoms with Crippen molar-refractivity contribution in [2.24, 2.45) is 0 Å². The molecule has 0 bridgehead atoms. The summed E-state index contributed by atoms with van der Waals surface area (Å²) >= 11 is 0. The molecule has 1 rings (SSSR count). The third kappa shape index (κ3) is 18.3. The molecule has 0 aliphatic carbocycles. The van der Waals surface area contributed by atoms with Gasteiger partial charge in [-0.25, -0.2) is 9.59 Å². The number of cyclic esters (lactones) is 4. The van der Waals surface area contributed by atoms with Crippen molar-refractivity contribution < 1.29 is 28.5 Å².